The van der Waals surface area contributed by atoms with Crippen LogP contribution in [0.1, 0.15) is 5.56 Å². The Hall–Kier alpha value is -3.01. The summed E-state index contributed by atoms with van der Waals surface area (Å²) in [6.45, 7) is 2.08. The first-order chi connectivity index (χ1) is 10.8. The highest BCUT2D eigenvalue weighted by Crippen LogP contribution is 2.22. The van der Waals surface area contributed by atoms with Gasteiger partial charge in [-0.05, 0) is 37.3 Å². The highest BCUT2D eigenvalue weighted by molar-refractivity contribution is 5.65. The van der Waals surface area contributed by atoms with Crippen LogP contribution < -0.4 is 0 Å². The number of hydrogen-bond donors (Lipinski definition) is 0. The number of fused-ring (bicyclic) bond motifs is 1. The molecule has 3 aromatic heterocycles. The molecule has 0 spiro atoms. The number of aromatic nitrogens is 4. The summed E-state index contributed by atoms with van der Waals surface area (Å²) in [7, 11) is 0. The molecule has 0 aliphatic heterocycles. The minimum Gasteiger partial charge on any atom is -0.264 e. The van der Waals surface area contributed by atoms with Crippen molar-refractivity contribution in [2.75, 3.05) is 0 Å². The summed E-state index contributed by atoms with van der Waals surface area (Å²) in [6.07, 6.45) is 5.42. The molecule has 4 nitrogen and oxygen atoms in total. The first kappa shape index (κ1) is 12.7. The number of pyridine rings is 1. The van der Waals surface area contributed by atoms with Crippen molar-refractivity contribution in [2.45, 2.75) is 6.92 Å². The molecular formula is C18H14N4. The lowest BCUT2D eigenvalue weighted by molar-refractivity contribution is 0.948. The Balaban J connectivity index is 1.90. The van der Waals surface area contributed by atoms with Gasteiger partial charge in [0.05, 0.1) is 17.6 Å². The minimum atomic E-state index is 0.829. The van der Waals surface area contributed by atoms with Crippen LogP contribution in [0.5, 0.6) is 0 Å². The van der Waals surface area contributed by atoms with Crippen molar-refractivity contribution < 1.29 is 0 Å². The van der Waals surface area contributed by atoms with Crippen LogP contribution in [0.15, 0.2) is 67.1 Å². The van der Waals surface area contributed by atoms with Crippen LogP contribution >= 0.6 is 0 Å². The molecule has 0 radical (unpaired) electrons. The second-order valence-electron chi connectivity index (χ2n) is 5.24. The van der Waals surface area contributed by atoms with E-state index in [1.807, 2.05) is 47.2 Å². The Kier molecular flexibility index (Phi) is 2.93. The topological polar surface area (TPSA) is 43.1 Å². The van der Waals surface area contributed by atoms with E-state index in [2.05, 4.69) is 35.1 Å². The third kappa shape index (κ3) is 2.15. The van der Waals surface area contributed by atoms with E-state index in [-0.39, 0.29) is 0 Å². The van der Waals surface area contributed by atoms with Gasteiger partial charge in [0.15, 0.2) is 5.65 Å². The molecule has 0 saturated heterocycles. The number of imidazole rings is 1. The molecule has 4 rings (SSSR count). The Morgan fingerprint density at radius 1 is 0.909 bits per heavy atom. The summed E-state index contributed by atoms with van der Waals surface area (Å²) in [5, 5.41) is 4.75. The second-order valence-corrected chi connectivity index (χ2v) is 5.24. The molecule has 0 atom stereocenters. The second kappa shape index (κ2) is 5.07. The third-order valence-electron chi connectivity index (χ3n) is 3.63. The zero-order valence-electron chi connectivity index (χ0n) is 12.1. The molecule has 0 saturated carbocycles. The molecule has 0 amide bonds. The molecule has 0 N–H and O–H groups in total. The normalized spacial score (nSPS) is 11.0. The van der Waals surface area contributed by atoms with E-state index >= 15 is 0 Å². The fourth-order valence-corrected chi connectivity index (χ4v) is 2.54. The van der Waals surface area contributed by atoms with Crippen molar-refractivity contribution in [2.24, 2.45) is 0 Å². The monoisotopic (exact) mass is 286 g/mol. The number of benzene rings is 1. The first-order valence-corrected chi connectivity index (χ1v) is 7.13. The van der Waals surface area contributed by atoms with Crippen molar-refractivity contribution in [1.29, 1.82) is 0 Å². The Morgan fingerprint density at radius 3 is 2.64 bits per heavy atom. The zero-order valence-corrected chi connectivity index (χ0v) is 12.1. The Bertz CT molecular complexity index is 942. The molecule has 1 aromatic carbocycles. The van der Waals surface area contributed by atoms with Crippen molar-refractivity contribution in [1.82, 2.24) is 19.6 Å². The van der Waals surface area contributed by atoms with Gasteiger partial charge >= 0.3 is 0 Å². The smallest absolute Gasteiger partial charge is 0.154 e. The van der Waals surface area contributed by atoms with Gasteiger partial charge < -0.3 is 0 Å². The quantitative estimate of drug-likeness (QED) is 0.563. The SMILES string of the molecule is Cc1cccc(-c2ccc3ncc(-c4cccnc4)n3n2)c1. The van der Waals surface area contributed by atoms with E-state index in [1.165, 1.54) is 5.56 Å². The lowest BCUT2D eigenvalue weighted by Gasteiger charge is -2.05. The highest BCUT2D eigenvalue weighted by atomic mass is 15.3. The minimum absolute atomic E-state index is 0.829. The van der Waals surface area contributed by atoms with E-state index in [9.17, 15) is 0 Å². The van der Waals surface area contributed by atoms with Gasteiger partial charge in [-0.2, -0.15) is 5.10 Å². The van der Waals surface area contributed by atoms with Crippen LogP contribution in [-0.4, -0.2) is 19.6 Å². The molecule has 0 bridgehead atoms. The largest absolute Gasteiger partial charge is 0.264 e. The van der Waals surface area contributed by atoms with E-state index < -0.39 is 0 Å². The standard InChI is InChI=1S/C18H14N4/c1-13-4-2-5-14(10-13)16-7-8-18-20-12-17(22(18)21-16)15-6-3-9-19-11-15/h2-12H,1H3. The average molecular weight is 286 g/mol. The fraction of sp³-hybridized carbons (Fsp3) is 0.0556. The number of rotatable bonds is 2. The number of aryl methyl sites for hydroxylation is 1. The average Bonchev–Trinajstić information content (AvgIpc) is 2.99. The summed E-state index contributed by atoms with van der Waals surface area (Å²) in [6, 6.07) is 16.3. The molecule has 4 aromatic rings. The van der Waals surface area contributed by atoms with E-state index in [0.29, 0.717) is 0 Å². The van der Waals surface area contributed by atoms with Crippen LogP contribution in [-0.2, 0) is 0 Å². The van der Waals surface area contributed by atoms with Crippen LogP contribution in [0.4, 0.5) is 0 Å². The molecule has 0 fully saturated rings. The maximum Gasteiger partial charge on any atom is 0.154 e. The van der Waals surface area contributed by atoms with E-state index in [4.69, 9.17) is 5.10 Å². The summed E-state index contributed by atoms with van der Waals surface area (Å²) in [5.41, 5.74) is 6.03. The highest BCUT2D eigenvalue weighted by Gasteiger charge is 2.09. The molecule has 106 valence electrons. The van der Waals surface area contributed by atoms with Gasteiger partial charge in [0.25, 0.3) is 0 Å². The number of nitrogens with zero attached hydrogens (tertiary/aromatic N) is 4. The van der Waals surface area contributed by atoms with Gasteiger partial charge in [-0.3, -0.25) is 4.98 Å². The zero-order chi connectivity index (χ0) is 14.9. The van der Waals surface area contributed by atoms with Crippen molar-refractivity contribution in [3.05, 3.63) is 72.7 Å². The Morgan fingerprint density at radius 2 is 1.82 bits per heavy atom. The lowest BCUT2D eigenvalue weighted by atomic mass is 10.1. The van der Waals surface area contributed by atoms with Crippen LogP contribution in [0, 0.1) is 6.92 Å². The van der Waals surface area contributed by atoms with Crippen molar-refractivity contribution in [3.63, 3.8) is 0 Å². The lowest BCUT2D eigenvalue weighted by Crippen LogP contribution is -1.97. The van der Waals surface area contributed by atoms with Gasteiger partial charge in [0.1, 0.15) is 0 Å². The predicted molar refractivity (Wildman–Crippen MR) is 86.4 cm³/mol. The van der Waals surface area contributed by atoms with Gasteiger partial charge in [-0.1, -0.05) is 23.8 Å². The third-order valence-corrected chi connectivity index (χ3v) is 3.63. The van der Waals surface area contributed by atoms with Crippen LogP contribution in [0.2, 0.25) is 0 Å². The van der Waals surface area contributed by atoms with E-state index in [1.54, 1.807) is 6.20 Å². The fourth-order valence-electron chi connectivity index (χ4n) is 2.54. The summed E-state index contributed by atoms with van der Waals surface area (Å²) < 4.78 is 1.87. The van der Waals surface area contributed by atoms with Gasteiger partial charge in [0, 0.05) is 23.5 Å². The van der Waals surface area contributed by atoms with Gasteiger partial charge in [-0.15, -0.1) is 0 Å². The Labute approximate surface area is 128 Å². The van der Waals surface area contributed by atoms with Crippen molar-refractivity contribution in [3.8, 4) is 22.5 Å². The predicted octanol–water partition coefficient (Wildman–Crippen LogP) is 3.77. The van der Waals surface area contributed by atoms with Crippen LogP contribution in [0.3, 0.4) is 0 Å². The molecule has 4 heteroatoms. The summed E-state index contributed by atoms with van der Waals surface area (Å²) in [4.78, 5) is 8.59. The van der Waals surface area contributed by atoms with Gasteiger partial charge in [0.2, 0.25) is 0 Å². The van der Waals surface area contributed by atoms with E-state index in [0.717, 1.165) is 28.2 Å². The van der Waals surface area contributed by atoms with Crippen molar-refractivity contribution >= 4 is 5.65 Å². The molecule has 22 heavy (non-hydrogen) atoms. The van der Waals surface area contributed by atoms with Gasteiger partial charge in [-0.25, -0.2) is 9.50 Å². The molecule has 3 heterocycles. The maximum absolute atomic E-state index is 4.75. The summed E-state index contributed by atoms with van der Waals surface area (Å²) in [5.74, 6) is 0. The molecule has 0 aliphatic rings. The first-order valence-electron chi connectivity index (χ1n) is 7.13. The molecule has 0 unspecified atom stereocenters. The maximum atomic E-state index is 4.75. The number of hydrogen-bond acceptors (Lipinski definition) is 3. The molecule has 0 aliphatic carbocycles. The molecular weight excluding hydrogens is 272 g/mol. The van der Waals surface area contributed by atoms with Crippen LogP contribution in [0.25, 0.3) is 28.2 Å². The summed E-state index contributed by atoms with van der Waals surface area (Å²) >= 11 is 0.